The Kier molecular flexibility index (Phi) is 8.40. The van der Waals surface area contributed by atoms with Crippen LogP contribution in [0.1, 0.15) is 11.1 Å². The first kappa shape index (κ1) is 25.6. The Bertz CT molecular complexity index is 1310. The van der Waals surface area contributed by atoms with Crippen LogP contribution in [0, 0.1) is 0 Å². The van der Waals surface area contributed by atoms with Crippen LogP contribution in [0.5, 0.6) is 0 Å². The molecule has 4 heteroatoms. The van der Waals surface area contributed by atoms with Gasteiger partial charge in [0.1, 0.15) is 22.5 Å². The smallest absolute Gasteiger partial charge is 0.376 e. The van der Waals surface area contributed by atoms with E-state index in [4.69, 9.17) is 9.47 Å². The summed E-state index contributed by atoms with van der Waals surface area (Å²) in [6.45, 7) is 0.476. The molecule has 0 spiro atoms. The molecular weight excluding hydrogens is 487 g/mol. The van der Waals surface area contributed by atoms with Gasteiger partial charge < -0.3 is 9.47 Å². The van der Waals surface area contributed by atoms with Crippen molar-refractivity contribution >= 4 is 29.1 Å². The Labute approximate surface area is 225 Å². The van der Waals surface area contributed by atoms with Crippen LogP contribution in [-0.4, -0.2) is 11.8 Å². The van der Waals surface area contributed by atoms with Crippen LogP contribution >= 0.6 is 7.26 Å². The van der Waals surface area contributed by atoms with Crippen molar-refractivity contribution in [3.8, 4) is 0 Å². The maximum atomic E-state index is 14.2. The van der Waals surface area contributed by atoms with E-state index in [1.54, 1.807) is 0 Å². The Balaban J connectivity index is 1.67. The molecule has 0 aliphatic carbocycles. The van der Waals surface area contributed by atoms with Gasteiger partial charge in [0, 0.05) is 0 Å². The van der Waals surface area contributed by atoms with Crippen LogP contribution in [0.2, 0.25) is 0 Å². The predicted molar refractivity (Wildman–Crippen MR) is 156 cm³/mol. The van der Waals surface area contributed by atoms with Gasteiger partial charge in [-0.3, -0.25) is 0 Å². The molecule has 188 valence electrons. The van der Waals surface area contributed by atoms with Gasteiger partial charge in [-0.15, -0.1) is 0 Å². The lowest BCUT2D eigenvalue weighted by Gasteiger charge is -2.33. The molecule has 0 fully saturated rings. The number of ether oxygens (including phenoxy) is 2. The lowest BCUT2D eigenvalue weighted by molar-refractivity contribution is -0.153. The van der Waals surface area contributed by atoms with Crippen molar-refractivity contribution in [1.29, 1.82) is 0 Å². The Morgan fingerprint density at radius 1 is 0.500 bits per heavy atom. The SMILES string of the molecule is O=C(OCc1ccccc1)C(OCc1ccccc1)[P+](c1ccccc1)(c1ccccc1)c1ccccc1. The van der Waals surface area contributed by atoms with Crippen LogP contribution in [0.25, 0.3) is 0 Å². The van der Waals surface area contributed by atoms with Gasteiger partial charge in [0.15, 0.2) is 7.26 Å². The highest BCUT2D eigenvalue weighted by Crippen LogP contribution is 2.60. The molecule has 0 radical (unpaired) electrons. The van der Waals surface area contributed by atoms with Crippen LogP contribution in [-0.2, 0) is 27.5 Å². The molecule has 0 N–H and O–H groups in total. The molecule has 5 aromatic carbocycles. The van der Waals surface area contributed by atoms with Crippen molar-refractivity contribution in [2.75, 3.05) is 0 Å². The number of hydrogen-bond acceptors (Lipinski definition) is 3. The molecule has 0 aromatic heterocycles. The number of rotatable bonds is 10. The summed E-state index contributed by atoms with van der Waals surface area (Å²) in [5.41, 5.74) is 1.94. The minimum atomic E-state index is -2.67. The van der Waals surface area contributed by atoms with Crippen molar-refractivity contribution in [1.82, 2.24) is 0 Å². The Hall–Kier alpha value is -4.04. The maximum Gasteiger partial charge on any atom is 0.376 e. The Morgan fingerprint density at radius 3 is 1.24 bits per heavy atom. The van der Waals surface area contributed by atoms with Gasteiger partial charge >= 0.3 is 5.97 Å². The van der Waals surface area contributed by atoms with Crippen molar-refractivity contribution < 1.29 is 14.3 Å². The first-order valence-corrected chi connectivity index (χ1v) is 14.6. The largest absolute Gasteiger partial charge is 0.456 e. The van der Waals surface area contributed by atoms with Gasteiger partial charge in [-0.2, -0.15) is 0 Å². The second-order valence-corrected chi connectivity index (χ2v) is 12.4. The highest BCUT2D eigenvalue weighted by molar-refractivity contribution is 7.96. The first-order valence-electron chi connectivity index (χ1n) is 12.7. The number of benzene rings is 5. The summed E-state index contributed by atoms with van der Waals surface area (Å²) in [7, 11) is -2.67. The van der Waals surface area contributed by atoms with Crippen LogP contribution in [0.15, 0.2) is 152 Å². The number of carbonyl (C=O) groups is 1. The Morgan fingerprint density at radius 2 is 0.842 bits per heavy atom. The molecule has 1 atom stereocenters. The van der Waals surface area contributed by atoms with E-state index in [2.05, 4.69) is 36.4 Å². The topological polar surface area (TPSA) is 35.5 Å². The van der Waals surface area contributed by atoms with E-state index in [1.165, 1.54) is 0 Å². The van der Waals surface area contributed by atoms with E-state index in [-0.39, 0.29) is 12.6 Å². The molecular formula is C34H30O3P+. The lowest BCUT2D eigenvalue weighted by Crippen LogP contribution is -2.44. The van der Waals surface area contributed by atoms with Crippen molar-refractivity contribution in [2.24, 2.45) is 0 Å². The third-order valence-electron chi connectivity index (χ3n) is 6.52. The highest BCUT2D eigenvalue weighted by atomic mass is 31.2. The molecule has 5 rings (SSSR count). The summed E-state index contributed by atoms with van der Waals surface area (Å²) < 4.78 is 12.7. The van der Waals surface area contributed by atoms with E-state index in [9.17, 15) is 4.79 Å². The van der Waals surface area contributed by atoms with Gasteiger partial charge in [0.25, 0.3) is 5.85 Å². The average Bonchev–Trinajstić information content (AvgIpc) is 3.00. The minimum absolute atomic E-state index is 0.184. The highest BCUT2D eigenvalue weighted by Gasteiger charge is 2.57. The fraction of sp³-hybridized carbons (Fsp3) is 0.0882. The fourth-order valence-corrected chi connectivity index (χ4v) is 9.05. The summed E-state index contributed by atoms with van der Waals surface area (Å²) in [4.78, 5) is 14.2. The zero-order chi connectivity index (χ0) is 26.0. The fourth-order valence-electron chi connectivity index (χ4n) is 4.73. The summed E-state index contributed by atoms with van der Waals surface area (Å²) in [5, 5.41) is 3.19. The van der Waals surface area contributed by atoms with Crippen molar-refractivity contribution in [3.63, 3.8) is 0 Å². The van der Waals surface area contributed by atoms with Gasteiger partial charge in [-0.25, -0.2) is 4.79 Å². The molecule has 0 saturated heterocycles. The summed E-state index contributed by atoms with van der Waals surface area (Å²) >= 11 is 0. The van der Waals surface area contributed by atoms with Crippen LogP contribution < -0.4 is 15.9 Å². The maximum absolute atomic E-state index is 14.2. The van der Waals surface area contributed by atoms with Crippen LogP contribution in [0.4, 0.5) is 0 Å². The van der Waals surface area contributed by atoms with Crippen LogP contribution in [0.3, 0.4) is 0 Å². The standard InChI is InChI=1S/C34H30O3P/c35-33(36-26-28-16-6-1-7-17-28)34(37-27-29-18-8-2-9-19-29)38(30-20-10-3-11-21-30,31-22-12-4-13-23-31)32-24-14-5-15-25-32/h1-25,34H,26-27H2/q+1. The summed E-state index contributed by atoms with van der Waals surface area (Å²) in [5.74, 6) is -1.21. The molecule has 0 saturated carbocycles. The molecule has 0 aliphatic rings. The number of hydrogen-bond donors (Lipinski definition) is 0. The van der Waals surface area contributed by atoms with Crippen molar-refractivity contribution in [3.05, 3.63) is 163 Å². The van der Waals surface area contributed by atoms with E-state index in [0.29, 0.717) is 6.61 Å². The van der Waals surface area contributed by atoms with Gasteiger partial charge in [0.05, 0.1) is 6.61 Å². The first-order chi connectivity index (χ1) is 18.8. The zero-order valence-corrected chi connectivity index (χ0v) is 22.0. The second kappa shape index (κ2) is 12.5. The molecule has 38 heavy (non-hydrogen) atoms. The zero-order valence-electron chi connectivity index (χ0n) is 21.1. The van der Waals surface area contributed by atoms with Gasteiger partial charge in [-0.05, 0) is 47.5 Å². The molecule has 1 unspecified atom stereocenters. The minimum Gasteiger partial charge on any atom is -0.456 e. The van der Waals surface area contributed by atoms with E-state index in [1.807, 2.05) is 115 Å². The van der Waals surface area contributed by atoms with E-state index in [0.717, 1.165) is 27.0 Å². The normalized spacial score (nSPS) is 12.0. The second-order valence-electron chi connectivity index (χ2n) is 8.97. The number of esters is 1. The quantitative estimate of drug-likeness (QED) is 0.162. The third-order valence-corrected chi connectivity index (χ3v) is 10.9. The summed E-state index contributed by atoms with van der Waals surface area (Å²) in [6, 6.07) is 50.5. The molecule has 0 aliphatic heterocycles. The molecule has 0 bridgehead atoms. The lowest BCUT2D eigenvalue weighted by atomic mass is 10.2. The monoisotopic (exact) mass is 517 g/mol. The van der Waals surface area contributed by atoms with Gasteiger partial charge in [0.2, 0.25) is 0 Å². The summed E-state index contributed by atoms with van der Waals surface area (Å²) in [6.07, 6.45) is 0. The molecule has 5 aromatic rings. The van der Waals surface area contributed by atoms with E-state index >= 15 is 0 Å². The van der Waals surface area contributed by atoms with Crippen molar-refractivity contribution in [2.45, 2.75) is 19.1 Å². The average molecular weight is 518 g/mol. The molecule has 0 heterocycles. The third kappa shape index (κ3) is 5.60. The predicted octanol–water partition coefficient (Wildman–Crippen LogP) is 6.27. The molecule has 0 amide bonds. The number of carbonyl (C=O) groups excluding carboxylic acids is 1. The van der Waals surface area contributed by atoms with E-state index < -0.39 is 13.1 Å². The molecule has 3 nitrogen and oxygen atoms in total. The van der Waals surface area contributed by atoms with Gasteiger partial charge in [-0.1, -0.05) is 115 Å².